The summed E-state index contributed by atoms with van der Waals surface area (Å²) in [6, 6.07) is 18.9. The van der Waals surface area contributed by atoms with E-state index in [9.17, 15) is 2.74 Å². The molecule has 4 aromatic carbocycles. The fourth-order valence-electron chi connectivity index (χ4n) is 5.80. The van der Waals surface area contributed by atoms with E-state index in [1.165, 1.54) is 22.3 Å². The molecule has 1 heterocycles. The molecule has 5 aromatic rings. The molecule has 164 valence electrons. The van der Waals surface area contributed by atoms with Gasteiger partial charge in [-0.2, -0.15) is 0 Å². The van der Waals surface area contributed by atoms with Crippen molar-refractivity contribution in [2.75, 3.05) is 0 Å². The highest BCUT2D eigenvalue weighted by molar-refractivity contribution is 6.26. The Hall–Kier alpha value is -3.19. The van der Waals surface area contributed by atoms with Crippen LogP contribution >= 0.6 is 0 Å². The molecular weight excluding hydrogens is 398 g/mol. The first kappa shape index (κ1) is 15.6. The molecule has 6 rings (SSSR count). The van der Waals surface area contributed by atoms with E-state index < -0.39 is 18.6 Å². The lowest BCUT2D eigenvalue weighted by Gasteiger charge is -2.22. The molecule has 0 amide bonds. The Morgan fingerprint density at radius 3 is 2.42 bits per heavy atom. The molecule has 1 aliphatic rings. The second kappa shape index (κ2) is 6.90. The Labute approximate surface area is 203 Å². The summed E-state index contributed by atoms with van der Waals surface area (Å²) in [5, 5.41) is 4.77. The van der Waals surface area contributed by atoms with Gasteiger partial charge in [0.2, 0.25) is 5.52 Å². The van der Waals surface area contributed by atoms with Gasteiger partial charge < -0.3 is 0 Å². The number of hydrogen-bond acceptors (Lipinski definition) is 0. The summed E-state index contributed by atoms with van der Waals surface area (Å²) < 4.78 is 45.9. The maximum Gasteiger partial charge on any atom is 0.221 e. The fraction of sp³-hybridized carbons (Fsp3) is 0.281. The van der Waals surface area contributed by atoms with Crippen molar-refractivity contribution in [1.29, 1.82) is 0 Å². The highest BCUT2D eigenvalue weighted by Crippen LogP contribution is 2.46. The molecule has 0 unspecified atom stereocenters. The summed E-state index contributed by atoms with van der Waals surface area (Å²) in [6.07, 6.45) is 0.622. The molecule has 0 bridgehead atoms. The van der Waals surface area contributed by atoms with Crippen LogP contribution in [0.15, 0.2) is 60.8 Å². The van der Waals surface area contributed by atoms with E-state index in [1.807, 2.05) is 50.6 Å². The van der Waals surface area contributed by atoms with Crippen molar-refractivity contribution in [2.24, 2.45) is 12.5 Å². The van der Waals surface area contributed by atoms with Crippen LogP contribution in [-0.2, 0) is 19.8 Å². The topological polar surface area (TPSA) is 3.88 Å². The molecule has 0 atom stereocenters. The minimum Gasteiger partial charge on any atom is -0.200 e. The summed E-state index contributed by atoms with van der Waals surface area (Å²) in [4.78, 5) is 0. The normalized spacial score (nSPS) is 16.2. The molecule has 0 aliphatic heterocycles. The standard InChI is InChI=1S/C32H32N/c1-19-18-33(6)31-29-20(2)28-22(15-21-11-7-8-12-23(21)28)16-26(29)24-13-9-10-14-25(24)30(31)27(19)17-32(3,4)5/h7-14,16,18H,15,17H2,1-6H3/q+1/i1D3,17D2. The van der Waals surface area contributed by atoms with Crippen molar-refractivity contribution < 1.29 is 11.4 Å². The third-order valence-corrected chi connectivity index (χ3v) is 6.98. The Balaban J connectivity index is 1.94. The number of benzene rings is 4. The van der Waals surface area contributed by atoms with Crippen LogP contribution in [0.5, 0.6) is 0 Å². The lowest BCUT2D eigenvalue weighted by Crippen LogP contribution is -2.31. The Kier molecular flexibility index (Phi) is 3.27. The Bertz CT molecular complexity index is 1810. The van der Waals surface area contributed by atoms with Crippen LogP contribution in [0.2, 0.25) is 0 Å². The zero-order valence-corrected chi connectivity index (χ0v) is 19.9. The summed E-state index contributed by atoms with van der Waals surface area (Å²) in [6.45, 7) is 5.21. The Morgan fingerprint density at radius 1 is 0.939 bits per heavy atom. The molecule has 0 saturated heterocycles. The first-order chi connectivity index (χ1) is 17.7. The van der Waals surface area contributed by atoms with Gasteiger partial charge in [0.05, 0.1) is 10.8 Å². The van der Waals surface area contributed by atoms with Crippen LogP contribution in [0, 0.1) is 19.2 Å². The van der Waals surface area contributed by atoms with E-state index in [0.29, 0.717) is 5.39 Å². The van der Waals surface area contributed by atoms with Gasteiger partial charge in [-0.05, 0) is 87.6 Å². The van der Waals surface area contributed by atoms with Gasteiger partial charge in [-0.25, -0.2) is 4.57 Å². The minimum atomic E-state index is -2.47. The maximum absolute atomic E-state index is 9.36. The van der Waals surface area contributed by atoms with Crippen molar-refractivity contribution in [3.63, 3.8) is 0 Å². The average molecular weight is 436 g/mol. The summed E-state index contributed by atoms with van der Waals surface area (Å²) >= 11 is 0. The molecule has 1 heteroatoms. The molecule has 0 saturated carbocycles. The monoisotopic (exact) mass is 435 g/mol. The summed E-state index contributed by atoms with van der Waals surface area (Å²) in [5.41, 5.74) is 6.64. The number of hydrogen-bond donors (Lipinski definition) is 0. The van der Waals surface area contributed by atoms with Crippen molar-refractivity contribution in [3.8, 4) is 11.1 Å². The molecular formula is C32H32N+. The van der Waals surface area contributed by atoms with Crippen LogP contribution < -0.4 is 4.57 Å². The lowest BCUT2D eigenvalue weighted by atomic mass is 9.82. The summed E-state index contributed by atoms with van der Waals surface area (Å²) in [5.74, 6) is 0. The number of aromatic nitrogens is 1. The van der Waals surface area contributed by atoms with Crippen LogP contribution in [0.25, 0.3) is 43.6 Å². The average Bonchev–Trinajstić information content (AvgIpc) is 3.21. The first-order valence-corrected chi connectivity index (χ1v) is 11.7. The van der Waals surface area contributed by atoms with Crippen LogP contribution in [0.1, 0.15) is 55.4 Å². The number of pyridine rings is 1. The molecule has 1 nitrogen and oxygen atoms in total. The predicted octanol–water partition coefficient (Wildman–Crippen LogP) is 7.75. The second-order valence-electron chi connectivity index (χ2n) is 10.5. The zero-order valence-electron chi connectivity index (χ0n) is 24.9. The molecule has 0 N–H and O–H groups in total. The number of nitrogens with zero attached hydrogens (tertiary/aromatic N) is 1. The van der Waals surface area contributed by atoms with E-state index in [0.717, 1.165) is 39.0 Å². The van der Waals surface area contributed by atoms with E-state index in [1.54, 1.807) is 6.20 Å². The maximum atomic E-state index is 9.36. The van der Waals surface area contributed by atoms with Gasteiger partial charge in [-0.1, -0.05) is 69.3 Å². The predicted molar refractivity (Wildman–Crippen MR) is 141 cm³/mol. The SMILES string of the molecule is [2H]C([2H])([2H])c1c[n+](C)c2c3c(C)c4c(cc3c3ccccc3c2c1C([2H])([2H])C(C)(C)C)Cc1ccccc1-4. The van der Waals surface area contributed by atoms with Gasteiger partial charge >= 0.3 is 0 Å². The Morgan fingerprint density at radius 2 is 1.67 bits per heavy atom. The van der Waals surface area contributed by atoms with Gasteiger partial charge in [0.1, 0.15) is 7.05 Å². The van der Waals surface area contributed by atoms with E-state index in [-0.39, 0.29) is 11.1 Å². The molecule has 33 heavy (non-hydrogen) atoms. The third-order valence-electron chi connectivity index (χ3n) is 6.98. The van der Waals surface area contributed by atoms with Gasteiger partial charge in [0.25, 0.3) is 0 Å². The quantitative estimate of drug-likeness (QED) is 0.184. The van der Waals surface area contributed by atoms with E-state index >= 15 is 0 Å². The van der Waals surface area contributed by atoms with E-state index in [4.69, 9.17) is 4.11 Å². The van der Waals surface area contributed by atoms with Crippen LogP contribution in [0.3, 0.4) is 0 Å². The molecule has 0 fully saturated rings. The first-order valence-electron chi connectivity index (χ1n) is 14.2. The van der Waals surface area contributed by atoms with Crippen molar-refractivity contribution in [1.82, 2.24) is 0 Å². The van der Waals surface area contributed by atoms with Crippen LogP contribution in [0.4, 0.5) is 0 Å². The largest absolute Gasteiger partial charge is 0.221 e. The molecule has 0 radical (unpaired) electrons. The van der Waals surface area contributed by atoms with Gasteiger partial charge in [0, 0.05) is 12.4 Å². The van der Waals surface area contributed by atoms with Crippen molar-refractivity contribution in [3.05, 3.63) is 88.6 Å². The minimum absolute atomic E-state index is 0.0705. The molecule has 1 aliphatic carbocycles. The fourth-order valence-corrected chi connectivity index (χ4v) is 5.80. The van der Waals surface area contributed by atoms with Crippen LogP contribution in [-0.4, -0.2) is 0 Å². The molecule has 0 spiro atoms. The smallest absolute Gasteiger partial charge is 0.200 e. The number of rotatable bonds is 1. The second-order valence-corrected chi connectivity index (χ2v) is 10.5. The van der Waals surface area contributed by atoms with Gasteiger partial charge in [0.15, 0.2) is 6.20 Å². The zero-order chi connectivity index (χ0) is 27.4. The number of aryl methyl sites for hydroxylation is 3. The molecule has 1 aromatic heterocycles. The summed E-state index contributed by atoms with van der Waals surface area (Å²) in [7, 11) is 1.89. The van der Waals surface area contributed by atoms with Gasteiger partial charge in [-0.15, -0.1) is 0 Å². The highest BCUT2D eigenvalue weighted by Gasteiger charge is 2.28. The van der Waals surface area contributed by atoms with Gasteiger partial charge in [-0.3, -0.25) is 0 Å². The lowest BCUT2D eigenvalue weighted by molar-refractivity contribution is -0.644. The van der Waals surface area contributed by atoms with E-state index in [2.05, 4.69) is 43.3 Å². The third kappa shape index (κ3) is 2.95. The van der Waals surface area contributed by atoms with Crippen molar-refractivity contribution in [2.45, 2.75) is 47.3 Å². The van der Waals surface area contributed by atoms with Crippen molar-refractivity contribution >= 4 is 32.4 Å². The highest BCUT2D eigenvalue weighted by atomic mass is 14.9. The number of fused-ring (bicyclic) bond motifs is 9.